The van der Waals surface area contributed by atoms with Crippen LogP contribution >= 0.6 is 12.2 Å². The van der Waals surface area contributed by atoms with Gasteiger partial charge in [-0.2, -0.15) is 0 Å². The molecule has 0 spiro atoms. The number of likely N-dealkylation sites (N-methyl/N-ethyl adjacent to an activating group) is 1. The number of carboxylic acid groups (broad SMARTS) is 1. The molecular formula is C9H13N3O2S. The first kappa shape index (κ1) is 11.9. The molecule has 0 aromatic carbocycles. The van der Waals surface area contributed by atoms with Gasteiger partial charge in [0.1, 0.15) is 6.04 Å². The molecule has 1 unspecified atom stereocenters. The third-order valence-electron chi connectivity index (χ3n) is 2.17. The normalized spacial score (nSPS) is 17.8. The highest BCUT2D eigenvalue weighted by Crippen LogP contribution is 2.10. The maximum absolute atomic E-state index is 11.0. The topological polar surface area (TPSA) is 64.8 Å². The molecule has 0 saturated carbocycles. The number of aliphatic imine (C=N–C) groups is 2. The van der Waals surface area contributed by atoms with E-state index in [1.165, 1.54) is 6.21 Å². The highest BCUT2D eigenvalue weighted by molar-refractivity contribution is 7.80. The summed E-state index contributed by atoms with van der Waals surface area (Å²) in [5.41, 5.74) is 0.599. The second-order valence-electron chi connectivity index (χ2n) is 4.30. The van der Waals surface area contributed by atoms with Crippen LogP contribution in [0.3, 0.4) is 0 Å². The Kier molecular flexibility index (Phi) is 3.31. The summed E-state index contributed by atoms with van der Waals surface area (Å²) in [6, 6.07) is -0.643. The van der Waals surface area contributed by atoms with Gasteiger partial charge in [0, 0.05) is 6.42 Å². The van der Waals surface area contributed by atoms with Crippen molar-refractivity contribution in [1.29, 1.82) is 0 Å². The summed E-state index contributed by atoms with van der Waals surface area (Å²) in [4.78, 5) is 18.7. The second kappa shape index (κ2) is 4.16. The molecule has 0 radical (unpaired) electrons. The zero-order valence-corrected chi connectivity index (χ0v) is 9.74. The van der Waals surface area contributed by atoms with Gasteiger partial charge in [0.15, 0.2) is 0 Å². The SMILES string of the molecule is C[N+](C)(C)C(CC1=NC(=S)N=C1)C(=O)[O-]. The molecule has 0 amide bonds. The number of hydrogen-bond acceptors (Lipinski definition) is 3. The predicted molar refractivity (Wildman–Crippen MR) is 60.0 cm³/mol. The molecule has 82 valence electrons. The first-order valence-corrected chi connectivity index (χ1v) is 4.89. The number of quaternary nitrogens is 1. The molecule has 0 fully saturated rings. The van der Waals surface area contributed by atoms with Crippen molar-refractivity contribution < 1.29 is 14.4 Å². The van der Waals surface area contributed by atoms with Crippen molar-refractivity contribution in [1.82, 2.24) is 0 Å². The Bertz CT molecular complexity index is 355. The number of carboxylic acids is 1. The third kappa shape index (κ3) is 3.17. The van der Waals surface area contributed by atoms with Gasteiger partial charge in [0.05, 0.1) is 39.0 Å². The van der Waals surface area contributed by atoms with E-state index in [0.29, 0.717) is 5.71 Å². The minimum atomic E-state index is -1.09. The Labute approximate surface area is 93.7 Å². The predicted octanol–water partition coefficient (Wildman–Crippen LogP) is -0.988. The van der Waals surface area contributed by atoms with Crippen molar-refractivity contribution in [2.75, 3.05) is 21.1 Å². The van der Waals surface area contributed by atoms with E-state index in [0.717, 1.165) is 0 Å². The fourth-order valence-corrected chi connectivity index (χ4v) is 1.45. The van der Waals surface area contributed by atoms with E-state index in [1.54, 1.807) is 21.1 Å². The van der Waals surface area contributed by atoms with Crippen LogP contribution in [0.5, 0.6) is 0 Å². The molecule has 5 nitrogen and oxygen atoms in total. The van der Waals surface area contributed by atoms with Crippen LogP contribution in [-0.2, 0) is 4.79 Å². The standard InChI is InChI=1S/C9H13N3O2S/c1-12(2,3)7(8(13)14)4-6-5-10-9(15)11-6/h5,7H,4H2,1-3H3. The van der Waals surface area contributed by atoms with Gasteiger partial charge < -0.3 is 14.4 Å². The Morgan fingerprint density at radius 2 is 2.20 bits per heavy atom. The Hall–Kier alpha value is -1.14. The van der Waals surface area contributed by atoms with Crippen molar-refractivity contribution in [3.8, 4) is 0 Å². The summed E-state index contributed by atoms with van der Waals surface area (Å²) >= 11 is 4.75. The Balaban J connectivity index is 2.77. The number of thiocarbonyl (C=S) groups is 1. The summed E-state index contributed by atoms with van der Waals surface area (Å²) in [6.45, 7) is 0. The molecule has 0 bridgehead atoms. The van der Waals surface area contributed by atoms with E-state index in [2.05, 4.69) is 9.98 Å². The largest absolute Gasteiger partial charge is 0.544 e. The molecule has 0 N–H and O–H groups in total. The fraction of sp³-hybridized carbons (Fsp3) is 0.556. The van der Waals surface area contributed by atoms with Gasteiger partial charge in [-0.3, -0.25) is 0 Å². The smallest absolute Gasteiger partial charge is 0.219 e. The lowest BCUT2D eigenvalue weighted by atomic mass is 10.1. The number of rotatable bonds is 4. The monoisotopic (exact) mass is 227 g/mol. The maximum atomic E-state index is 11.0. The van der Waals surface area contributed by atoms with Crippen molar-refractivity contribution >= 4 is 35.2 Å². The van der Waals surface area contributed by atoms with Crippen LogP contribution in [0.4, 0.5) is 0 Å². The van der Waals surface area contributed by atoms with Crippen molar-refractivity contribution in [3.63, 3.8) is 0 Å². The van der Waals surface area contributed by atoms with Crippen LogP contribution < -0.4 is 5.11 Å². The lowest BCUT2D eigenvalue weighted by Gasteiger charge is -2.34. The highest BCUT2D eigenvalue weighted by Gasteiger charge is 2.27. The van der Waals surface area contributed by atoms with Crippen LogP contribution in [0.15, 0.2) is 9.98 Å². The Morgan fingerprint density at radius 3 is 2.53 bits per heavy atom. The Morgan fingerprint density at radius 1 is 1.60 bits per heavy atom. The van der Waals surface area contributed by atoms with Crippen molar-refractivity contribution in [3.05, 3.63) is 0 Å². The molecule has 15 heavy (non-hydrogen) atoms. The molecule has 0 aromatic heterocycles. The summed E-state index contributed by atoms with van der Waals surface area (Å²) in [7, 11) is 5.39. The lowest BCUT2D eigenvalue weighted by Crippen LogP contribution is -2.55. The molecular weight excluding hydrogens is 214 g/mol. The number of aliphatic carboxylic acids is 1. The van der Waals surface area contributed by atoms with Crippen LogP contribution in [0.1, 0.15) is 6.42 Å². The molecule has 0 saturated heterocycles. The van der Waals surface area contributed by atoms with Crippen LogP contribution in [0.25, 0.3) is 0 Å². The van der Waals surface area contributed by atoms with Gasteiger partial charge in [-0.25, -0.2) is 9.98 Å². The maximum Gasteiger partial charge on any atom is 0.219 e. The molecule has 1 aliphatic rings. The zero-order chi connectivity index (χ0) is 11.6. The van der Waals surface area contributed by atoms with Crippen molar-refractivity contribution in [2.24, 2.45) is 9.98 Å². The van der Waals surface area contributed by atoms with E-state index >= 15 is 0 Å². The van der Waals surface area contributed by atoms with E-state index in [9.17, 15) is 9.90 Å². The fourth-order valence-electron chi connectivity index (χ4n) is 1.28. The van der Waals surface area contributed by atoms with Gasteiger partial charge in [-0.15, -0.1) is 0 Å². The lowest BCUT2D eigenvalue weighted by molar-refractivity contribution is -0.888. The average molecular weight is 227 g/mol. The average Bonchev–Trinajstić information content (AvgIpc) is 2.44. The number of carbonyl (C=O) groups excluding carboxylic acids is 1. The summed E-state index contributed by atoms with van der Waals surface area (Å²) in [5.74, 6) is -1.09. The molecule has 0 aromatic rings. The van der Waals surface area contributed by atoms with Gasteiger partial charge >= 0.3 is 0 Å². The van der Waals surface area contributed by atoms with E-state index in [1.807, 2.05) is 0 Å². The van der Waals surface area contributed by atoms with Crippen LogP contribution in [0.2, 0.25) is 0 Å². The molecule has 6 heteroatoms. The van der Waals surface area contributed by atoms with Gasteiger partial charge in [0.2, 0.25) is 5.11 Å². The van der Waals surface area contributed by atoms with E-state index < -0.39 is 12.0 Å². The van der Waals surface area contributed by atoms with Gasteiger partial charge in [0.25, 0.3) is 0 Å². The van der Waals surface area contributed by atoms with Crippen LogP contribution in [0, 0.1) is 0 Å². The molecule has 1 atom stereocenters. The van der Waals surface area contributed by atoms with Gasteiger partial charge in [-0.05, 0) is 12.2 Å². The molecule has 1 heterocycles. The second-order valence-corrected chi connectivity index (χ2v) is 4.66. The highest BCUT2D eigenvalue weighted by atomic mass is 32.1. The third-order valence-corrected chi connectivity index (χ3v) is 2.37. The summed E-state index contributed by atoms with van der Waals surface area (Å²) < 4.78 is 0.280. The first-order chi connectivity index (χ1) is 6.80. The van der Waals surface area contributed by atoms with E-state index in [-0.39, 0.29) is 16.0 Å². The minimum Gasteiger partial charge on any atom is -0.544 e. The van der Waals surface area contributed by atoms with Crippen molar-refractivity contribution in [2.45, 2.75) is 12.5 Å². The quantitative estimate of drug-likeness (QED) is 0.457. The van der Waals surface area contributed by atoms with Crippen LogP contribution in [-0.4, -0.2) is 54.7 Å². The first-order valence-electron chi connectivity index (χ1n) is 4.48. The minimum absolute atomic E-state index is 0.253. The molecule has 1 aliphatic heterocycles. The summed E-state index contributed by atoms with van der Waals surface area (Å²) in [5, 5.41) is 11.2. The number of nitrogens with zero attached hydrogens (tertiary/aromatic N) is 3. The number of carbonyl (C=O) groups is 1. The molecule has 0 aliphatic carbocycles. The zero-order valence-electron chi connectivity index (χ0n) is 8.93. The summed E-state index contributed by atoms with van der Waals surface area (Å²) in [6.07, 6.45) is 1.80. The molecule has 1 rings (SSSR count). The van der Waals surface area contributed by atoms with E-state index in [4.69, 9.17) is 12.2 Å². The number of hydrogen-bond donors (Lipinski definition) is 0. The van der Waals surface area contributed by atoms with Gasteiger partial charge in [-0.1, -0.05) is 0 Å².